The van der Waals surface area contributed by atoms with Gasteiger partial charge < -0.3 is 9.94 Å². The highest BCUT2D eigenvalue weighted by Crippen LogP contribution is 2.25. The average molecular weight is 314 g/mol. The van der Waals surface area contributed by atoms with Crippen LogP contribution in [0.1, 0.15) is 25.8 Å². The van der Waals surface area contributed by atoms with Crippen LogP contribution in [-0.4, -0.2) is 24.0 Å². The van der Waals surface area contributed by atoms with Crippen molar-refractivity contribution < 1.29 is 14.7 Å². The summed E-state index contributed by atoms with van der Waals surface area (Å²) in [5.41, 5.74) is 0.499. The van der Waals surface area contributed by atoms with Gasteiger partial charge in [0.2, 0.25) is 0 Å². The molecule has 0 fully saturated rings. The first-order valence-corrected chi connectivity index (χ1v) is 6.25. The lowest BCUT2D eigenvalue weighted by Crippen LogP contribution is -2.28. The molecule has 0 heterocycles. The second kappa shape index (κ2) is 6.00. The molecule has 98 valence electrons. The van der Waals surface area contributed by atoms with Crippen molar-refractivity contribution in [3.63, 3.8) is 0 Å². The van der Waals surface area contributed by atoms with Gasteiger partial charge in [0.15, 0.2) is 0 Å². The van der Waals surface area contributed by atoms with Crippen LogP contribution in [0.15, 0.2) is 33.9 Å². The van der Waals surface area contributed by atoms with Gasteiger partial charge in [0, 0.05) is 10.9 Å². The van der Waals surface area contributed by atoms with E-state index in [1.165, 1.54) is 7.11 Å². The van der Waals surface area contributed by atoms with E-state index in [9.17, 15) is 4.79 Å². The maximum Gasteiger partial charge on any atom is 0.311 e. The van der Waals surface area contributed by atoms with Gasteiger partial charge in [-0.15, -0.1) is 0 Å². The zero-order valence-electron chi connectivity index (χ0n) is 10.6. The number of halogens is 1. The third kappa shape index (κ3) is 3.57. The maximum atomic E-state index is 11.6. The smallest absolute Gasteiger partial charge is 0.311 e. The van der Waals surface area contributed by atoms with E-state index in [1.54, 1.807) is 13.8 Å². The summed E-state index contributed by atoms with van der Waals surface area (Å²) in [6, 6.07) is 7.36. The topological polar surface area (TPSA) is 58.9 Å². The molecule has 1 N–H and O–H groups in total. The Kier molecular flexibility index (Phi) is 4.90. The molecule has 0 bridgehead atoms. The molecule has 0 atom stereocenters. The number of nitrogens with zero attached hydrogens (tertiary/aromatic N) is 1. The molecule has 0 aliphatic carbocycles. The Labute approximate surface area is 115 Å². The summed E-state index contributed by atoms with van der Waals surface area (Å²) in [6.07, 6.45) is 0.303. The molecule has 1 aromatic rings. The van der Waals surface area contributed by atoms with E-state index in [4.69, 9.17) is 9.94 Å². The largest absolute Gasteiger partial charge is 0.469 e. The Bertz CT molecular complexity index is 452. The summed E-state index contributed by atoms with van der Waals surface area (Å²) in [4.78, 5) is 11.6. The van der Waals surface area contributed by atoms with Gasteiger partial charge in [-0.1, -0.05) is 33.2 Å². The van der Waals surface area contributed by atoms with Gasteiger partial charge in [-0.25, -0.2) is 0 Å². The van der Waals surface area contributed by atoms with Crippen molar-refractivity contribution in [2.24, 2.45) is 10.6 Å². The molecule has 0 aliphatic rings. The molecule has 5 heteroatoms. The van der Waals surface area contributed by atoms with Crippen molar-refractivity contribution in [2.45, 2.75) is 20.3 Å². The fourth-order valence-electron chi connectivity index (χ4n) is 1.60. The summed E-state index contributed by atoms with van der Waals surface area (Å²) >= 11 is 3.34. The molecule has 0 amide bonds. The van der Waals surface area contributed by atoms with Gasteiger partial charge in [-0.3, -0.25) is 4.79 Å². The van der Waals surface area contributed by atoms with E-state index in [2.05, 4.69) is 21.1 Å². The monoisotopic (exact) mass is 313 g/mol. The maximum absolute atomic E-state index is 11.6. The lowest BCUT2D eigenvalue weighted by atomic mass is 9.85. The SMILES string of the molecule is COC(=O)C(C)(C)CC(=NO)c1ccc(Br)cc1. The van der Waals surface area contributed by atoms with E-state index in [0.29, 0.717) is 12.1 Å². The fraction of sp³-hybridized carbons (Fsp3) is 0.385. The Morgan fingerprint density at radius 1 is 1.39 bits per heavy atom. The molecule has 18 heavy (non-hydrogen) atoms. The van der Waals surface area contributed by atoms with Crippen LogP contribution >= 0.6 is 15.9 Å². The van der Waals surface area contributed by atoms with Gasteiger partial charge >= 0.3 is 5.97 Å². The molecule has 0 aliphatic heterocycles. The van der Waals surface area contributed by atoms with Crippen molar-refractivity contribution in [3.05, 3.63) is 34.3 Å². The normalized spacial score (nSPS) is 12.3. The molecule has 1 aromatic carbocycles. The molecule has 0 spiro atoms. The highest BCUT2D eigenvalue weighted by atomic mass is 79.9. The van der Waals surface area contributed by atoms with Gasteiger partial charge in [0.1, 0.15) is 0 Å². The van der Waals surface area contributed by atoms with Gasteiger partial charge in [-0.05, 0) is 31.5 Å². The molecular weight excluding hydrogens is 298 g/mol. The van der Waals surface area contributed by atoms with Crippen molar-refractivity contribution in [1.29, 1.82) is 0 Å². The molecule has 0 saturated carbocycles. The second-order valence-corrected chi connectivity index (χ2v) is 5.52. The first-order valence-electron chi connectivity index (χ1n) is 5.46. The van der Waals surface area contributed by atoms with Crippen molar-refractivity contribution in [3.8, 4) is 0 Å². The zero-order valence-corrected chi connectivity index (χ0v) is 12.2. The van der Waals surface area contributed by atoms with E-state index in [1.807, 2.05) is 24.3 Å². The number of methoxy groups -OCH3 is 1. The predicted molar refractivity (Wildman–Crippen MR) is 72.9 cm³/mol. The summed E-state index contributed by atoms with van der Waals surface area (Å²) in [7, 11) is 1.35. The summed E-state index contributed by atoms with van der Waals surface area (Å²) < 4.78 is 5.67. The standard InChI is InChI=1S/C13H16BrNO3/c1-13(2,12(16)18-3)8-11(15-17)9-4-6-10(14)7-5-9/h4-7,17H,8H2,1-3H3. The summed E-state index contributed by atoms with van der Waals surface area (Å²) in [6.45, 7) is 3.51. The summed E-state index contributed by atoms with van der Waals surface area (Å²) in [5.74, 6) is -0.333. The van der Waals surface area contributed by atoms with E-state index < -0.39 is 5.41 Å². The Balaban J connectivity index is 2.93. The number of ether oxygens (including phenoxy) is 1. The number of rotatable bonds is 4. The van der Waals surface area contributed by atoms with E-state index >= 15 is 0 Å². The van der Waals surface area contributed by atoms with Crippen LogP contribution in [0.25, 0.3) is 0 Å². The number of carbonyl (C=O) groups is 1. The molecule has 0 saturated heterocycles. The number of hydrogen-bond acceptors (Lipinski definition) is 4. The first-order chi connectivity index (χ1) is 8.40. The number of esters is 1. The number of oxime groups is 1. The molecule has 1 rings (SSSR count). The van der Waals surface area contributed by atoms with Gasteiger partial charge in [0.25, 0.3) is 0 Å². The lowest BCUT2D eigenvalue weighted by Gasteiger charge is -2.21. The van der Waals surface area contributed by atoms with Gasteiger partial charge in [0.05, 0.1) is 18.2 Å². The lowest BCUT2D eigenvalue weighted by molar-refractivity contribution is -0.150. The van der Waals surface area contributed by atoms with Crippen LogP contribution in [0.3, 0.4) is 0 Å². The Hall–Kier alpha value is -1.36. The third-order valence-corrected chi connectivity index (χ3v) is 3.17. The molecular formula is C13H16BrNO3. The zero-order chi connectivity index (χ0) is 13.8. The van der Waals surface area contributed by atoms with Crippen LogP contribution in [0, 0.1) is 5.41 Å². The van der Waals surface area contributed by atoms with Crippen LogP contribution in [-0.2, 0) is 9.53 Å². The average Bonchev–Trinajstić information content (AvgIpc) is 2.36. The minimum absolute atomic E-state index is 0.303. The van der Waals surface area contributed by atoms with Crippen LogP contribution in [0.4, 0.5) is 0 Å². The predicted octanol–water partition coefficient (Wildman–Crippen LogP) is 3.22. The van der Waals surface area contributed by atoms with E-state index in [0.717, 1.165) is 10.0 Å². The van der Waals surface area contributed by atoms with Crippen LogP contribution in [0.5, 0.6) is 0 Å². The highest BCUT2D eigenvalue weighted by molar-refractivity contribution is 9.10. The van der Waals surface area contributed by atoms with E-state index in [-0.39, 0.29) is 5.97 Å². The molecule has 0 aromatic heterocycles. The van der Waals surface area contributed by atoms with Crippen LogP contribution in [0.2, 0.25) is 0 Å². The molecule has 0 radical (unpaired) electrons. The Morgan fingerprint density at radius 3 is 2.39 bits per heavy atom. The third-order valence-electron chi connectivity index (χ3n) is 2.65. The van der Waals surface area contributed by atoms with Crippen LogP contribution < -0.4 is 0 Å². The number of benzene rings is 1. The minimum Gasteiger partial charge on any atom is -0.469 e. The van der Waals surface area contributed by atoms with Crippen molar-refractivity contribution in [1.82, 2.24) is 0 Å². The number of hydrogen-bond donors (Lipinski definition) is 1. The molecule has 0 unspecified atom stereocenters. The minimum atomic E-state index is -0.733. The number of carbonyl (C=O) groups excluding carboxylic acids is 1. The van der Waals surface area contributed by atoms with Crippen molar-refractivity contribution in [2.75, 3.05) is 7.11 Å². The highest BCUT2D eigenvalue weighted by Gasteiger charge is 2.31. The fourth-order valence-corrected chi connectivity index (χ4v) is 1.87. The molecule has 4 nitrogen and oxygen atoms in total. The Morgan fingerprint density at radius 2 is 1.94 bits per heavy atom. The van der Waals surface area contributed by atoms with Gasteiger partial charge in [-0.2, -0.15) is 0 Å². The van der Waals surface area contributed by atoms with Crippen molar-refractivity contribution >= 4 is 27.6 Å². The summed E-state index contributed by atoms with van der Waals surface area (Å²) in [5, 5.41) is 12.4. The second-order valence-electron chi connectivity index (χ2n) is 4.61. The quantitative estimate of drug-likeness (QED) is 0.402. The first kappa shape index (κ1) is 14.7.